The molecule has 1 heterocycles. The minimum Gasteiger partial charge on any atom is -0.428 e. The zero-order chi connectivity index (χ0) is 10.8. The van der Waals surface area contributed by atoms with E-state index < -0.39 is 7.05 Å². The van der Waals surface area contributed by atoms with Gasteiger partial charge in [0.2, 0.25) is 0 Å². The lowest BCUT2D eigenvalue weighted by molar-refractivity contribution is 0.269. The number of carbonyl (C=O) groups is 1. The molecule has 5 nitrogen and oxygen atoms in total. The molecule has 1 amide bonds. The Balaban J connectivity index is 2.36. The zero-order valence-corrected chi connectivity index (χ0v) is 8.92. The van der Waals surface area contributed by atoms with Gasteiger partial charge in [0.25, 0.3) is 16.3 Å². The molecule has 1 aliphatic heterocycles. The minimum atomic E-state index is -0.827. The first-order valence-corrected chi connectivity index (χ1v) is 4.91. The van der Waals surface area contributed by atoms with Crippen molar-refractivity contribution in [3.05, 3.63) is 23.8 Å². The maximum absolute atomic E-state index is 10.8. The van der Waals surface area contributed by atoms with Gasteiger partial charge in [0.1, 0.15) is 4.77 Å². The van der Waals surface area contributed by atoms with E-state index in [9.17, 15) is 9.82 Å². The highest BCUT2D eigenvalue weighted by molar-refractivity contribution is 6.66. The number of hydrogen-bond donors (Lipinski definition) is 3. The molecule has 0 bridgehead atoms. The van der Waals surface area contributed by atoms with Gasteiger partial charge >= 0.3 is 7.05 Å². The van der Waals surface area contributed by atoms with Gasteiger partial charge in [-0.25, -0.2) is 0 Å². The molecule has 7 heteroatoms. The average Bonchev–Trinajstić information content (AvgIpc) is 2.18. The largest absolute Gasteiger partial charge is 0.464 e. The fourth-order valence-corrected chi connectivity index (χ4v) is 1.56. The predicted molar refractivity (Wildman–Crippen MR) is 59.6 cm³/mol. The van der Waals surface area contributed by atoms with Gasteiger partial charge in [0.05, 0.1) is 6.21 Å². The Hall–Kier alpha value is -1.28. The number of benzene rings is 1. The van der Waals surface area contributed by atoms with Crippen LogP contribution in [0.3, 0.4) is 0 Å². The fraction of sp³-hybridized carbons (Fsp3) is 0. The summed E-state index contributed by atoms with van der Waals surface area (Å²) in [5, 5.41) is 18.5. The summed E-state index contributed by atoms with van der Waals surface area (Å²) in [5.74, 6) is 0. The lowest BCUT2D eigenvalue weighted by Crippen LogP contribution is -2.47. The molecule has 15 heavy (non-hydrogen) atoms. The van der Waals surface area contributed by atoms with E-state index in [1.165, 1.54) is 0 Å². The van der Waals surface area contributed by atoms with Crippen LogP contribution in [0.15, 0.2) is 23.3 Å². The summed E-state index contributed by atoms with van der Waals surface area (Å²) in [7, 11) is -0.827. The fourth-order valence-electron chi connectivity index (χ4n) is 1.40. The van der Waals surface area contributed by atoms with Crippen molar-refractivity contribution in [3.63, 3.8) is 0 Å². The molecule has 3 N–H and O–H groups in total. The Morgan fingerprint density at radius 3 is 3.13 bits per heavy atom. The number of rotatable bonds is 1. The summed E-state index contributed by atoms with van der Waals surface area (Å²) in [4.78, 5) is 10.8. The van der Waals surface area contributed by atoms with Gasteiger partial charge in [-0.2, -0.15) is 5.10 Å². The average molecular weight is 215 g/mol. The van der Waals surface area contributed by atoms with E-state index >= 15 is 0 Å². The van der Waals surface area contributed by atoms with Gasteiger partial charge in [0.15, 0.2) is 0 Å². The molecule has 0 spiro atoms. The van der Waals surface area contributed by atoms with Crippen molar-refractivity contribution < 1.29 is 9.82 Å². The van der Waals surface area contributed by atoms with Crippen molar-refractivity contribution in [1.82, 2.24) is 5.34 Å². The Kier molecular flexibility index (Phi) is 2.78. The molecule has 2 rings (SSSR count). The molecule has 0 aromatic heterocycles. The third kappa shape index (κ3) is 2.21. The summed E-state index contributed by atoms with van der Waals surface area (Å²) in [6.07, 6.45) is 1.62. The van der Waals surface area contributed by atoms with Crippen LogP contribution in [0.4, 0.5) is 10.5 Å². The first-order chi connectivity index (χ1) is 7.16. The SMILES string of the molecule is O=[C]([Al])Nc1ccc2c(c1)B(O)NN=C2. The van der Waals surface area contributed by atoms with Crippen LogP contribution in [0.2, 0.25) is 0 Å². The second kappa shape index (κ2) is 4.07. The molecule has 1 aromatic carbocycles. The summed E-state index contributed by atoms with van der Waals surface area (Å²) in [5.41, 5.74) is 2.18. The second-order valence-electron chi connectivity index (χ2n) is 3.12. The molecule has 0 fully saturated rings. The third-order valence-electron chi connectivity index (χ3n) is 2.05. The summed E-state index contributed by atoms with van der Waals surface area (Å²) < 4.78 is -0.220. The smallest absolute Gasteiger partial charge is 0.428 e. The highest BCUT2D eigenvalue weighted by Gasteiger charge is 2.21. The lowest BCUT2D eigenvalue weighted by atomic mass is 9.71. The number of carbonyl (C=O) groups excluding carboxylic acids is 1. The number of hydrogen-bond acceptors (Lipinski definition) is 4. The number of nitrogens with one attached hydrogen (secondary N) is 2. The molecule has 0 atom stereocenters. The highest BCUT2D eigenvalue weighted by Crippen LogP contribution is 2.08. The van der Waals surface area contributed by atoms with E-state index in [2.05, 4.69) is 15.8 Å². The van der Waals surface area contributed by atoms with Crippen molar-refractivity contribution in [2.75, 3.05) is 5.32 Å². The molecule has 0 unspecified atom stereocenters. The number of fused-ring (bicyclic) bond motifs is 1. The van der Waals surface area contributed by atoms with Crippen LogP contribution >= 0.6 is 0 Å². The number of hydrazone groups is 1. The second-order valence-corrected chi connectivity index (χ2v) is 3.65. The van der Waals surface area contributed by atoms with Gasteiger partial charge in [-0.05, 0) is 23.2 Å². The van der Waals surface area contributed by atoms with E-state index in [0.29, 0.717) is 11.2 Å². The van der Waals surface area contributed by atoms with Gasteiger partial charge < -0.3 is 20.5 Å². The normalized spacial score (nSPS) is 13.0. The summed E-state index contributed by atoms with van der Waals surface area (Å²) in [6, 6.07) is 5.25. The predicted octanol–water partition coefficient (Wildman–Crippen LogP) is -0.988. The molecule has 1 aromatic rings. The number of amides is 1. The van der Waals surface area contributed by atoms with E-state index in [-0.39, 0.29) is 4.77 Å². The van der Waals surface area contributed by atoms with Crippen molar-refractivity contribution >= 4 is 45.5 Å². The lowest BCUT2D eigenvalue weighted by Gasteiger charge is -2.15. The third-order valence-corrected chi connectivity index (χ3v) is 2.19. The van der Waals surface area contributed by atoms with Crippen LogP contribution in [0, 0.1) is 0 Å². The maximum Gasteiger partial charge on any atom is 0.464 e. The molecular weight excluding hydrogens is 208 g/mol. The minimum absolute atomic E-state index is 0.220. The van der Waals surface area contributed by atoms with Crippen LogP contribution in [0.5, 0.6) is 0 Å². The maximum atomic E-state index is 10.8. The molecule has 2 radical (unpaired) electrons. The number of nitrogens with zero attached hydrogens (tertiary/aromatic N) is 1. The topological polar surface area (TPSA) is 73.7 Å². The van der Waals surface area contributed by atoms with Crippen molar-refractivity contribution in [1.29, 1.82) is 0 Å². The summed E-state index contributed by atoms with van der Waals surface area (Å²) >= 11 is 2.03. The highest BCUT2D eigenvalue weighted by atomic mass is 27.0. The Morgan fingerprint density at radius 1 is 1.60 bits per heavy atom. The molecular formula is C8H7AlBN3O2. The Bertz CT molecular complexity index is 438. The van der Waals surface area contributed by atoms with Crippen LogP contribution in [-0.2, 0) is 0 Å². The van der Waals surface area contributed by atoms with Crippen molar-refractivity contribution in [3.8, 4) is 0 Å². The molecule has 0 saturated carbocycles. The van der Waals surface area contributed by atoms with Crippen LogP contribution < -0.4 is 16.1 Å². The first-order valence-electron chi connectivity index (χ1n) is 4.34. The molecule has 0 saturated heterocycles. The van der Waals surface area contributed by atoms with Crippen LogP contribution in [-0.4, -0.2) is 39.3 Å². The van der Waals surface area contributed by atoms with E-state index in [1.807, 2.05) is 16.3 Å². The zero-order valence-electron chi connectivity index (χ0n) is 7.77. The molecule has 72 valence electrons. The monoisotopic (exact) mass is 215 g/mol. The van der Waals surface area contributed by atoms with Crippen molar-refractivity contribution in [2.24, 2.45) is 5.10 Å². The van der Waals surface area contributed by atoms with E-state index in [4.69, 9.17) is 0 Å². The van der Waals surface area contributed by atoms with Gasteiger partial charge in [-0.3, -0.25) is 0 Å². The van der Waals surface area contributed by atoms with Crippen LogP contribution in [0.1, 0.15) is 5.56 Å². The number of anilines is 1. The Morgan fingerprint density at radius 2 is 2.40 bits per heavy atom. The van der Waals surface area contributed by atoms with Crippen molar-refractivity contribution in [2.45, 2.75) is 0 Å². The van der Waals surface area contributed by atoms with Gasteiger partial charge in [-0.1, -0.05) is 6.07 Å². The molecule has 0 aliphatic carbocycles. The molecule has 1 aliphatic rings. The summed E-state index contributed by atoms with van der Waals surface area (Å²) in [6.45, 7) is 0. The first kappa shape index (κ1) is 10.2. The standard InChI is InChI=1S/C8H7BN3O2.Al/c13-5-10-7-2-1-6-4-11-12-9(14)8(6)3-7;/h1-4,12,14H,(H,10,13);. The van der Waals surface area contributed by atoms with Crippen LogP contribution in [0.25, 0.3) is 0 Å². The Labute approximate surface area is 95.1 Å². The van der Waals surface area contributed by atoms with Gasteiger partial charge in [-0.15, -0.1) is 0 Å². The quantitative estimate of drug-likeness (QED) is 0.526. The van der Waals surface area contributed by atoms with E-state index in [0.717, 1.165) is 5.56 Å². The van der Waals surface area contributed by atoms with Gasteiger partial charge in [0, 0.05) is 5.69 Å². The van der Waals surface area contributed by atoms with E-state index in [1.54, 1.807) is 24.4 Å².